The summed E-state index contributed by atoms with van der Waals surface area (Å²) in [5.74, 6) is -0.572. The summed E-state index contributed by atoms with van der Waals surface area (Å²) in [5, 5.41) is 0.422. The van der Waals surface area contributed by atoms with E-state index in [0.717, 1.165) is 0 Å². The zero-order valence-electron chi connectivity index (χ0n) is 8.85. The summed E-state index contributed by atoms with van der Waals surface area (Å²) in [5.41, 5.74) is 0.253. The smallest absolute Gasteiger partial charge is 0.460 e. The van der Waals surface area contributed by atoms with E-state index in [4.69, 9.17) is 4.89 Å². The summed E-state index contributed by atoms with van der Waals surface area (Å²) in [6.45, 7) is 4.58. The van der Waals surface area contributed by atoms with Crippen LogP contribution in [0.1, 0.15) is 6.92 Å². The predicted molar refractivity (Wildman–Crippen MR) is 61.3 cm³/mol. The van der Waals surface area contributed by atoms with Gasteiger partial charge in [0.05, 0.1) is 13.2 Å². The van der Waals surface area contributed by atoms with Gasteiger partial charge in [-0.3, -0.25) is 9.05 Å². The highest BCUT2D eigenvalue weighted by Crippen LogP contribution is 2.42. The number of hydrogen-bond acceptors (Lipinski definition) is 5. The van der Waals surface area contributed by atoms with Crippen molar-refractivity contribution in [2.45, 2.75) is 6.92 Å². The Kier molecular flexibility index (Phi) is 7.87. The molecule has 0 heterocycles. The maximum Gasteiger partial charge on any atom is 0.472 e. The molecule has 0 aromatic heterocycles. The van der Waals surface area contributed by atoms with Gasteiger partial charge in [-0.2, -0.15) is 0 Å². The summed E-state index contributed by atoms with van der Waals surface area (Å²) >= 11 is 3.03. The number of phosphoric ester groups is 1. The Balaban J connectivity index is 3.69. The summed E-state index contributed by atoms with van der Waals surface area (Å²) in [7, 11) is -4.04. The average Bonchev–Trinajstić information content (AvgIpc) is 2.21. The Bertz CT molecular complexity index is 292. The molecule has 0 aliphatic carbocycles. The number of alkyl halides is 1. The standard InChI is InChI=1S/C8H14BrO6P/c1-7(2)8(10)13-5-6-15-16(11,12)14-4-3-9/h1,3-6H2,2H3,(H,11,12). The van der Waals surface area contributed by atoms with Crippen LogP contribution in [0, 0.1) is 0 Å². The lowest BCUT2D eigenvalue weighted by molar-refractivity contribution is -0.139. The highest BCUT2D eigenvalue weighted by molar-refractivity contribution is 9.09. The highest BCUT2D eigenvalue weighted by atomic mass is 79.9. The first-order chi connectivity index (χ1) is 7.39. The zero-order chi connectivity index (χ0) is 12.6. The topological polar surface area (TPSA) is 82.1 Å². The number of esters is 1. The molecule has 94 valence electrons. The van der Waals surface area contributed by atoms with Gasteiger partial charge in [0.25, 0.3) is 0 Å². The summed E-state index contributed by atoms with van der Waals surface area (Å²) in [4.78, 5) is 19.9. The van der Waals surface area contributed by atoms with Crippen LogP contribution in [0.4, 0.5) is 0 Å². The Morgan fingerprint density at radius 2 is 1.94 bits per heavy atom. The van der Waals surface area contributed by atoms with Crippen molar-refractivity contribution in [3.05, 3.63) is 12.2 Å². The lowest BCUT2D eigenvalue weighted by atomic mass is 10.4. The molecule has 1 unspecified atom stereocenters. The number of carbonyl (C=O) groups is 1. The molecule has 0 aliphatic heterocycles. The van der Waals surface area contributed by atoms with Crippen LogP contribution in [0.3, 0.4) is 0 Å². The maximum atomic E-state index is 11.1. The van der Waals surface area contributed by atoms with E-state index >= 15 is 0 Å². The molecule has 0 rings (SSSR count). The van der Waals surface area contributed by atoms with E-state index in [1.165, 1.54) is 6.92 Å². The van der Waals surface area contributed by atoms with Gasteiger partial charge in [-0.15, -0.1) is 0 Å². The van der Waals surface area contributed by atoms with Crippen LogP contribution in [0.15, 0.2) is 12.2 Å². The van der Waals surface area contributed by atoms with Crippen LogP contribution in [-0.4, -0.2) is 36.0 Å². The summed E-state index contributed by atoms with van der Waals surface area (Å²) in [6.07, 6.45) is 0. The third-order valence-electron chi connectivity index (χ3n) is 1.25. The van der Waals surface area contributed by atoms with Crippen molar-refractivity contribution in [1.29, 1.82) is 0 Å². The molecule has 0 aliphatic rings. The highest BCUT2D eigenvalue weighted by Gasteiger charge is 2.20. The monoisotopic (exact) mass is 316 g/mol. The van der Waals surface area contributed by atoms with Crippen LogP contribution in [0.2, 0.25) is 0 Å². The second kappa shape index (κ2) is 7.97. The third kappa shape index (κ3) is 8.01. The fraction of sp³-hybridized carbons (Fsp3) is 0.625. The molecule has 6 nitrogen and oxygen atoms in total. The van der Waals surface area contributed by atoms with Gasteiger partial charge in [0, 0.05) is 10.9 Å². The number of ether oxygens (including phenoxy) is 1. The number of phosphoric acid groups is 1. The van der Waals surface area contributed by atoms with E-state index in [1.807, 2.05) is 0 Å². The quantitative estimate of drug-likeness (QED) is 0.241. The minimum atomic E-state index is -4.04. The average molecular weight is 317 g/mol. The number of rotatable bonds is 8. The van der Waals surface area contributed by atoms with E-state index in [0.29, 0.717) is 5.33 Å². The van der Waals surface area contributed by atoms with Gasteiger partial charge in [-0.1, -0.05) is 22.5 Å². The molecular weight excluding hydrogens is 303 g/mol. The summed E-state index contributed by atoms with van der Waals surface area (Å²) < 4.78 is 24.8. The second-order valence-electron chi connectivity index (χ2n) is 2.74. The molecule has 0 saturated heterocycles. The van der Waals surface area contributed by atoms with Gasteiger partial charge in [-0.25, -0.2) is 9.36 Å². The first-order valence-corrected chi connectivity index (χ1v) is 7.01. The van der Waals surface area contributed by atoms with E-state index in [-0.39, 0.29) is 25.4 Å². The molecule has 1 atom stereocenters. The van der Waals surface area contributed by atoms with Crippen molar-refractivity contribution in [2.24, 2.45) is 0 Å². The predicted octanol–water partition coefficient (Wildman–Crippen LogP) is 1.63. The van der Waals surface area contributed by atoms with Gasteiger partial charge in [0.15, 0.2) is 0 Å². The lowest BCUT2D eigenvalue weighted by Gasteiger charge is -2.11. The van der Waals surface area contributed by atoms with Crippen molar-refractivity contribution in [3.8, 4) is 0 Å². The van der Waals surface area contributed by atoms with E-state index < -0.39 is 13.8 Å². The normalized spacial score (nSPS) is 14.2. The van der Waals surface area contributed by atoms with Gasteiger partial charge >= 0.3 is 13.8 Å². The van der Waals surface area contributed by atoms with Crippen molar-refractivity contribution < 1.29 is 28.0 Å². The molecule has 0 aromatic rings. The molecular formula is C8H14BrO6P. The van der Waals surface area contributed by atoms with Crippen molar-refractivity contribution in [2.75, 3.05) is 25.2 Å². The van der Waals surface area contributed by atoms with E-state index in [9.17, 15) is 9.36 Å². The van der Waals surface area contributed by atoms with Crippen molar-refractivity contribution in [1.82, 2.24) is 0 Å². The Morgan fingerprint density at radius 3 is 2.44 bits per heavy atom. The fourth-order valence-electron chi connectivity index (χ4n) is 0.597. The lowest BCUT2D eigenvalue weighted by Crippen LogP contribution is -2.10. The molecule has 8 heteroatoms. The first-order valence-electron chi connectivity index (χ1n) is 4.39. The minimum absolute atomic E-state index is 0.0549. The van der Waals surface area contributed by atoms with Gasteiger partial charge in [0.1, 0.15) is 6.61 Å². The summed E-state index contributed by atoms with van der Waals surface area (Å²) in [6, 6.07) is 0. The van der Waals surface area contributed by atoms with Crippen molar-refractivity contribution >= 4 is 29.7 Å². The Hall–Kier alpha value is -0.200. The first kappa shape index (κ1) is 15.8. The van der Waals surface area contributed by atoms with E-state index in [2.05, 4.69) is 36.3 Å². The van der Waals surface area contributed by atoms with Gasteiger partial charge < -0.3 is 9.63 Å². The Morgan fingerprint density at radius 1 is 1.38 bits per heavy atom. The van der Waals surface area contributed by atoms with Gasteiger partial charge in [-0.05, 0) is 6.92 Å². The molecule has 0 bridgehead atoms. The maximum absolute atomic E-state index is 11.1. The molecule has 0 spiro atoms. The van der Waals surface area contributed by atoms with Crippen LogP contribution in [0.25, 0.3) is 0 Å². The fourth-order valence-corrected chi connectivity index (χ4v) is 1.71. The van der Waals surface area contributed by atoms with Crippen LogP contribution < -0.4 is 0 Å². The largest absolute Gasteiger partial charge is 0.472 e. The van der Waals surface area contributed by atoms with E-state index in [1.54, 1.807) is 0 Å². The zero-order valence-corrected chi connectivity index (χ0v) is 11.3. The number of hydrogen-bond donors (Lipinski definition) is 1. The molecule has 0 amide bonds. The SMILES string of the molecule is C=C(C)C(=O)OCCOP(=O)(O)OCCBr. The van der Waals surface area contributed by atoms with Crippen molar-refractivity contribution in [3.63, 3.8) is 0 Å². The Labute approximate surface area is 102 Å². The van der Waals surface area contributed by atoms with Gasteiger partial charge in [0.2, 0.25) is 0 Å². The van der Waals surface area contributed by atoms with Crippen LogP contribution >= 0.6 is 23.8 Å². The molecule has 0 fully saturated rings. The third-order valence-corrected chi connectivity index (χ3v) is 2.59. The minimum Gasteiger partial charge on any atom is -0.460 e. The number of carbonyl (C=O) groups excluding carboxylic acids is 1. The van der Waals surface area contributed by atoms with Crippen LogP contribution in [0.5, 0.6) is 0 Å². The second-order valence-corrected chi connectivity index (χ2v) is 4.99. The number of halogens is 1. The molecule has 1 N–H and O–H groups in total. The van der Waals surface area contributed by atoms with Crippen LogP contribution in [-0.2, 0) is 23.1 Å². The molecule has 0 radical (unpaired) electrons. The molecule has 0 saturated carbocycles. The molecule has 0 aromatic carbocycles. The molecule has 16 heavy (non-hydrogen) atoms.